The molecule has 2 fully saturated rings. The van der Waals surface area contributed by atoms with Crippen LogP contribution in [0.25, 0.3) is 0 Å². The number of hydrogen-bond donors (Lipinski definition) is 2. The number of hydrogen-bond acceptors (Lipinski definition) is 2. The molecule has 0 spiro atoms. The predicted octanol–water partition coefficient (Wildman–Crippen LogP) is 7.92. The van der Waals surface area contributed by atoms with E-state index in [2.05, 4.69) is 55.4 Å². The second kappa shape index (κ2) is 8.36. The van der Waals surface area contributed by atoms with E-state index in [4.69, 9.17) is 0 Å². The average Bonchev–Trinajstić information content (AvgIpc) is 3.02. The number of fused-ring (bicyclic) bond motifs is 4. The molecule has 0 aliphatic heterocycles. The van der Waals surface area contributed by atoms with Gasteiger partial charge in [0.05, 0.1) is 6.10 Å². The van der Waals surface area contributed by atoms with Crippen LogP contribution < -0.4 is 0 Å². The van der Waals surface area contributed by atoms with Gasteiger partial charge in [-0.1, -0.05) is 79.4 Å². The molecule has 0 unspecified atom stereocenters. The highest BCUT2D eigenvalue weighted by molar-refractivity contribution is 5.38. The van der Waals surface area contributed by atoms with Crippen LogP contribution in [0.1, 0.15) is 126 Å². The Hall–Kier alpha value is -0.340. The van der Waals surface area contributed by atoms with Crippen molar-refractivity contribution in [2.45, 2.75) is 132 Å². The Bertz CT molecular complexity index is 778. The molecule has 33 heavy (non-hydrogen) atoms. The monoisotopic (exact) mass is 458 g/mol. The second-order valence-corrected chi connectivity index (χ2v) is 14.9. The molecule has 2 nitrogen and oxygen atoms in total. The van der Waals surface area contributed by atoms with Crippen LogP contribution in [0.3, 0.4) is 0 Å². The molecular weight excluding hydrogens is 404 g/mol. The first-order chi connectivity index (χ1) is 15.2. The van der Waals surface area contributed by atoms with Gasteiger partial charge in [-0.25, -0.2) is 0 Å². The maximum absolute atomic E-state index is 10.8. The quantitative estimate of drug-likeness (QED) is 0.397. The molecule has 190 valence electrons. The van der Waals surface area contributed by atoms with E-state index in [-0.39, 0.29) is 16.9 Å². The van der Waals surface area contributed by atoms with E-state index in [0.29, 0.717) is 28.8 Å². The summed E-state index contributed by atoms with van der Waals surface area (Å²) in [5.41, 5.74) is 4.86. The van der Waals surface area contributed by atoms with Gasteiger partial charge in [0.2, 0.25) is 0 Å². The third kappa shape index (κ3) is 3.80. The van der Waals surface area contributed by atoms with E-state index in [0.717, 1.165) is 24.7 Å². The highest BCUT2D eigenvalue weighted by atomic mass is 16.3. The van der Waals surface area contributed by atoms with Gasteiger partial charge < -0.3 is 10.2 Å². The van der Waals surface area contributed by atoms with Gasteiger partial charge in [0.15, 0.2) is 0 Å². The highest BCUT2D eigenvalue weighted by Gasteiger charge is 2.63. The molecule has 2 N–H and O–H groups in total. The van der Waals surface area contributed by atoms with Gasteiger partial charge in [0.25, 0.3) is 0 Å². The molecule has 0 radical (unpaired) electrons. The summed E-state index contributed by atoms with van der Waals surface area (Å²) >= 11 is 0. The largest absolute Gasteiger partial charge is 0.396 e. The number of aliphatic hydroxyl groups is 2. The van der Waals surface area contributed by atoms with Gasteiger partial charge in [0, 0.05) is 6.61 Å². The van der Waals surface area contributed by atoms with Crippen molar-refractivity contribution in [3.05, 3.63) is 11.1 Å². The van der Waals surface area contributed by atoms with Crippen LogP contribution in [0.5, 0.6) is 0 Å². The number of aliphatic hydroxyl groups excluding tert-OH is 2. The fourth-order valence-corrected chi connectivity index (χ4v) is 9.81. The van der Waals surface area contributed by atoms with Crippen LogP contribution in [0.4, 0.5) is 0 Å². The highest BCUT2D eigenvalue weighted by Crippen LogP contribution is 2.72. The predicted molar refractivity (Wildman–Crippen MR) is 139 cm³/mol. The topological polar surface area (TPSA) is 40.5 Å². The van der Waals surface area contributed by atoms with E-state index in [9.17, 15) is 10.2 Å². The molecule has 0 aromatic carbocycles. The van der Waals surface area contributed by atoms with Crippen molar-refractivity contribution in [2.75, 3.05) is 6.61 Å². The van der Waals surface area contributed by atoms with Crippen LogP contribution in [0, 0.1) is 44.8 Å². The second-order valence-electron chi connectivity index (χ2n) is 14.9. The summed E-state index contributed by atoms with van der Waals surface area (Å²) in [4.78, 5) is 0. The van der Waals surface area contributed by atoms with Gasteiger partial charge in [-0.05, 0) is 103 Å². The van der Waals surface area contributed by atoms with E-state index < -0.39 is 0 Å². The lowest BCUT2D eigenvalue weighted by atomic mass is 9.43. The van der Waals surface area contributed by atoms with Crippen molar-refractivity contribution in [3.8, 4) is 0 Å². The Morgan fingerprint density at radius 1 is 0.939 bits per heavy atom. The fourth-order valence-electron chi connectivity index (χ4n) is 9.81. The van der Waals surface area contributed by atoms with E-state index >= 15 is 0 Å². The van der Waals surface area contributed by atoms with Crippen LogP contribution in [-0.4, -0.2) is 22.9 Å². The molecule has 0 saturated heterocycles. The van der Waals surface area contributed by atoms with Gasteiger partial charge in [0.1, 0.15) is 0 Å². The van der Waals surface area contributed by atoms with E-state index in [1.165, 1.54) is 57.8 Å². The van der Waals surface area contributed by atoms with Crippen molar-refractivity contribution in [2.24, 2.45) is 44.8 Å². The van der Waals surface area contributed by atoms with Crippen LogP contribution in [0.15, 0.2) is 11.1 Å². The molecule has 2 saturated carbocycles. The Morgan fingerprint density at radius 2 is 1.64 bits per heavy atom. The van der Waals surface area contributed by atoms with Gasteiger partial charge >= 0.3 is 0 Å². The summed E-state index contributed by atoms with van der Waals surface area (Å²) in [6.07, 6.45) is 13.6. The maximum atomic E-state index is 10.8. The first-order valence-electron chi connectivity index (χ1n) is 14.2. The Kier molecular flexibility index (Phi) is 6.52. The van der Waals surface area contributed by atoms with Gasteiger partial charge in [-0.2, -0.15) is 0 Å². The van der Waals surface area contributed by atoms with E-state index in [1.807, 2.05) is 11.1 Å². The summed E-state index contributed by atoms with van der Waals surface area (Å²) < 4.78 is 0. The van der Waals surface area contributed by atoms with Crippen molar-refractivity contribution < 1.29 is 10.2 Å². The zero-order valence-corrected chi connectivity index (χ0v) is 23.2. The lowest BCUT2D eigenvalue weighted by Crippen LogP contribution is -2.55. The van der Waals surface area contributed by atoms with Crippen LogP contribution in [0.2, 0.25) is 0 Å². The normalized spacial score (nSPS) is 43.6. The summed E-state index contributed by atoms with van der Waals surface area (Å²) in [7, 11) is 0. The molecule has 0 amide bonds. The van der Waals surface area contributed by atoms with E-state index in [1.54, 1.807) is 0 Å². The lowest BCUT2D eigenvalue weighted by molar-refractivity contribution is -0.0962. The zero-order chi connectivity index (χ0) is 24.4. The standard InChI is InChI=1S/C31H54O2/c1-21(10-9-16-27(2,3)20-32)22-13-18-31(8)24-11-12-25-28(4,5)26(33)15-17-29(25,6)23(24)14-19-30(22,31)7/h21-22,25-26,32-33H,9-20H2,1-8H3/t21-,22-,25+,26+,29-,30-,31+/m1/s1. The summed E-state index contributed by atoms with van der Waals surface area (Å²) in [5.74, 6) is 2.21. The Balaban J connectivity index is 1.58. The molecular formula is C31H54O2. The van der Waals surface area contributed by atoms with Gasteiger partial charge in [-0.15, -0.1) is 0 Å². The molecule has 7 atom stereocenters. The molecule has 2 heteroatoms. The first-order valence-corrected chi connectivity index (χ1v) is 14.2. The molecule has 4 aliphatic rings. The molecule has 0 heterocycles. The van der Waals surface area contributed by atoms with Crippen molar-refractivity contribution in [1.29, 1.82) is 0 Å². The summed E-state index contributed by atoms with van der Waals surface area (Å²) in [6.45, 7) is 19.8. The van der Waals surface area contributed by atoms with Gasteiger partial charge in [-0.3, -0.25) is 0 Å². The fraction of sp³-hybridized carbons (Fsp3) is 0.935. The number of allylic oxidation sites excluding steroid dienone is 2. The molecule has 0 bridgehead atoms. The summed E-state index contributed by atoms with van der Waals surface area (Å²) in [6, 6.07) is 0. The average molecular weight is 459 g/mol. The minimum Gasteiger partial charge on any atom is -0.396 e. The molecule has 0 aromatic rings. The number of rotatable bonds is 6. The van der Waals surface area contributed by atoms with Crippen molar-refractivity contribution in [1.82, 2.24) is 0 Å². The molecule has 4 aliphatic carbocycles. The third-order valence-corrected chi connectivity index (χ3v) is 12.4. The van der Waals surface area contributed by atoms with Crippen LogP contribution in [-0.2, 0) is 0 Å². The van der Waals surface area contributed by atoms with Crippen molar-refractivity contribution >= 4 is 0 Å². The minimum absolute atomic E-state index is 0.0300. The summed E-state index contributed by atoms with van der Waals surface area (Å²) in [5, 5.41) is 20.5. The third-order valence-electron chi connectivity index (χ3n) is 12.4. The Labute approximate surface area is 205 Å². The first kappa shape index (κ1) is 25.7. The molecule has 4 rings (SSSR count). The zero-order valence-electron chi connectivity index (χ0n) is 23.2. The van der Waals surface area contributed by atoms with Crippen LogP contribution >= 0.6 is 0 Å². The Morgan fingerprint density at radius 3 is 2.30 bits per heavy atom. The lowest BCUT2D eigenvalue weighted by Gasteiger charge is -2.62. The SMILES string of the molecule is C[C@H](CCCC(C)(C)CO)[C@H]1CC[C@@]2(C)C3=C(CC[C@]12C)[C@@]1(C)CC[C@H](O)C(C)(C)[C@@H]1CC3. The molecule has 0 aromatic heterocycles. The minimum atomic E-state index is -0.144. The smallest absolute Gasteiger partial charge is 0.0594 e. The van der Waals surface area contributed by atoms with Crippen molar-refractivity contribution in [3.63, 3.8) is 0 Å². The maximum Gasteiger partial charge on any atom is 0.0594 e.